The summed E-state index contributed by atoms with van der Waals surface area (Å²) < 4.78 is 77.5. The van der Waals surface area contributed by atoms with E-state index in [-0.39, 0.29) is 5.69 Å². The van der Waals surface area contributed by atoms with Crippen LogP contribution in [0.15, 0.2) is 54.6 Å². The minimum atomic E-state index is -5.16. The van der Waals surface area contributed by atoms with Crippen molar-refractivity contribution < 1.29 is 41.0 Å². The summed E-state index contributed by atoms with van der Waals surface area (Å²) in [6.45, 7) is -1.35. The van der Waals surface area contributed by atoms with E-state index in [4.69, 9.17) is 0 Å². The maximum Gasteiger partial charge on any atom is 0.423 e. The molecule has 0 spiro atoms. The lowest BCUT2D eigenvalue weighted by Gasteiger charge is -2.31. The van der Waals surface area contributed by atoms with Gasteiger partial charge in [0.05, 0.1) is 12.1 Å². The minimum Gasteiger partial charge on any atom is -0.375 e. The highest BCUT2D eigenvalue weighted by Crippen LogP contribution is 2.38. The normalized spacial score (nSPS) is 14.0. The Labute approximate surface area is 160 Å². The second-order valence-corrected chi connectivity index (χ2v) is 5.94. The van der Waals surface area contributed by atoms with Crippen LogP contribution in [0, 0.1) is 0 Å². The van der Waals surface area contributed by atoms with Gasteiger partial charge >= 0.3 is 24.2 Å². The van der Waals surface area contributed by atoms with Crippen LogP contribution >= 0.6 is 0 Å². The van der Waals surface area contributed by atoms with Gasteiger partial charge in [-0.1, -0.05) is 30.3 Å². The largest absolute Gasteiger partial charge is 0.423 e. The first-order valence-corrected chi connectivity index (χ1v) is 7.95. The van der Waals surface area contributed by atoms with Gasteiger partial charge in [-0.25, -0.2) is 0 Å². The number of halogens is 6. The molecule has 5 nitrogen and oxygen atoms in total. The summed E-state index contributed by atoms with van der Waals surface area (Å²) in [5.41, 5.74) is -5.15. The second-order valence-electron chi connectivity index (χ2n) is 5.94. The van der Waals surface area contributed by atoms with E-state index in [1.807, 2.05) is 5.32 Å². The number of amides is 2. The van der Waals surface area contributed by atoms with E-state index in [1.165, 1.54) is 18.2 Å². The fraction of sp³-hybridized carbons (Fsp3) is 0.222. The van der Waals surface area contributed by atoms with Gasteiger partial charge in [-0.2, -0.15) is 26.3 Å². The molecule has 156 valence electrons. The van der Waals surface area contributed by atoms with Crippen LogP contribution < -0.4 is 10.6 Å². The molecule has 0 aliphatic heterocycles. The molecule has 0 saturated heterocycles. The molecule has 1 unspecified atom stereocenters. The molecule has 0 aliphatic carbocycles. The highest BCUT2D eigenvalue weighted by molar-refractivity contribution is 6.39. The van der Waals surface area contributed by atoms with E-state index in [9.17, 15) is 41.0 Å². The number of hydrogen-bond donors (Lipinski definition) is 3. The quantitative estimate of drug-likeness (QED) is 0.525. The number of aliphatic hydroxyl groups is 1. The number of nitrogens with one attached hydrogen (secondary N) is 2. The lowest BCUT2D eigenvalue weighted by molar-refractivity contribution is -0.264. The third kappa shape index (κ3) is 5.25. The number of hydrogen-bond acceptors (Lipinski definition) is 3. The fourth-order valence-electron chi connectivity index (χ4n) is 2.30. The van der Waals surface area contributed by atoms with Crippen molar-refractivity contribution in [3.63, 3.8) is 0 Å². The van der Waals surface area contributed by atoms with Gasteiger partial charge in [0, 0.05) is 5.69 Å². The van der Waals surface area contributed by atoms with Gasteiger partial charge in [0.1, 0.15) is 0 Å². The molecular formula is C18H14F6N2O3. The highest BCUT2D eigenvalue weighted by Gasteiger charge is 2.55. The molecule has 0 heterocycles. The molecule has 0 fully saturated rings. The van der Waals surface area contributed by atoms with E-state index in [0.29, 0.717) is 12.1 Å². The van der Waals surface area contributed by atoms with Crippen molar-refractivity contribution in [1.29, 1.82) is 0 Å². The molecule has 29 heavy (non-hydrogen) atoms. The van der Waals surface area contributed by atoms with E-state index >= 15 is 0 Å². The summed E-state index contributed by atoms with van der Waals surface area (Å²) in [6, 6.07) is 9.02. The molecule has 0 radical (unpaired) electrons. The van der Waals surface area contributed by atoms with Gasteiger partial charge in [0.2, 0.25) is 5.60 Å². The molecule has 2 aromatic carbocycles. The summed E-state index contributed by atoms with van der Waals surface area (Å²) in [5.74, 6) is -2.93. The molecule has 2 amide bonds. The van der Waals surface area contributed by atoms with Crippen molar-refractivity contribution in [2.24, 2.45) is 0 Å². The molecule has 1 atom stereocenters. The Balaban J connectivity index is 2.06. The molecule has 0 aromatic heterocycles. The van der Waals surface area contributed by atoms with Crippen LogP contribution in [0.25, 0.3) is 0 Å². The molecule has 2 rings (SSSR count). The van der Waals surface area contributed by atoms with Crippen LogP contribution in [-0.2, 0) is 21.4 Å². The summed E-state index contributed by atoms with van der Waals surface area (Å²) in [5, 5.41) is 13.7. The summed E-state index contributed by atoms with van der Waals surface area (Å²) in [6.07, 6.45) is -9.76. The van der Waals surface area contributed by atoms with Crippen molar-refractivity contribution >= 4 is 17.5 Å². The number of rotatable bonds is 4. The van der Waals surface area contributed by atoms with Gasteiger partial charge in [-0.15, -0.1) is 0 Å². The van der Waals surface area contributed by atoms with Crippen LogP contribution in [0.1, 0.15) is 11.1 Å². The maximum absolute atomic E-state index is 13.3. The SMILES string of the molecule is O=C(NCC(O)(c1ccccc1)C(F)(F)F)C(=O)Nc1ccc(C(F)(F)F)cc1. The number of alkyl halides is 6. The standard InChI is InChI=1S/C18H14F6N2O3/c19-17(20,21)12-6-8-13(9-7-12)26-15(28)14(27)25-10-16(29,18(22,23)24)11-4-2-1-3-5-11/h1-9,29H,10H2,(H,25,27)(H,26,28). The van der Waals surface area contributed by atoms with Gasteiger partial charge in [-0.05, 0) is 29.8 Å². The van der Waals surface area contributed by atoms with Gasteiger partial charge in [0.15, 0.2) is 0 Å². The fourth-order valence-corrected chi connectivity index (χ4v) is 2.30. The smallest absolute Gasteiger partial charge is 0.375 e. The van der Waals surface area contributed by atoms with Crippen LogP contribution in [0.2, 0.25) is 0 Å². The van der Waals surface area contributed by atoms with E-state index in [2.05, 4.69) is 0 Å². The van der Waals surface area contributed by atoms with E-state index in [0.717, 1.165) is 24.3 Å². The van der Waals surface area contributed by atoms with Gasteiger partial charge in [0.25, 0.3) is 0 Å². The van der Waals surface area contributed by atoms with Crippen molar-refractivity contribution in [2.45, 2.75) is 18.0 Å². The second kappa shape index (κ2) is 8.11. The summed E-state index contributed by atoms with van der Waals surface area (Å²) >= 11 is 0. The minimum absolute atomic E-state index is 0.174. The average molecular weight is 420 g/mol. The molecule has 0 bridgehead atoms. The van der Waals surface area contributed by atoms with Gasteiger partial charge < -0.3 is 15.7 Å². The monoisotopic (exact) mass is 420 g/mol. The first kappa shape index (κ1) is 22.2. The Morgan fingerprint density at radius 3 is 1.83 bits per heavy atom. The first-order valence-electron chi connectivity index (χ1n) is 7.95. The van der Waals surface area contributed by atoms with Crippen molar-refractivity contribution in [1.82, 2.24) is 5.32 Å². The predicted molar refractivity (Wildman–Crippen MR) is 89.5 cm³/mol. The molecule has 2 aromatic rings. The Morgan fingerprint density at radius 2 is 1.34 bits per heavy atom. The van der Waals surface area contributed by atoms with Crippen LogP contribution in [0.3, 0.4) is 0 Å². The maximum atomic E-state index is 13.3. The zero-order valence-corrected chi connectivity index (χ0v) is 14.4. The summed E-state index contributed by atoms with van der Waals surface area (Å²) in [7, 11) is 0. The first-order chi connectivity index (χ1) is 13.3. The third-order valence-corrected chi connectivity index (χ3v) is 3.90. The van der Waals surface area contributed by atoms with Crippen molar-refractivity contribution in [2.75, 3.05) is 11.9 Å². The Morgan fingerprint density at radius 1 is 0.793 bits per heavy atom. The van der Waals surface area contributed by atoms with E-state index < -0.39 is 47.4 Å². The lowest BCUT2D eigenvalue weighted by atomic mass is 9.93. The average Bonchev–Trinajstić information content (AvgIpc) is 2.65. The number of carbonyl (C=O) groups excluding carboxylic acids is 2. The lowest BCUT2D eigenvalue weighted by Crippen LogP contribution is -2.52. The number of benzene rings is 2. The van der Waals surface area contributed by atoms with Crippen molar-refractivity contribution in [3.05, 3.63) is 65.7 Å². The van der Waals surface area contributed by atoms with Crippen LogP contribution in [-0.4, -0.2) is 29.6 Å². The molecule has 3 N–H and O–H groups in total. The molecule has 11 heteroatoms. The Hall–Kier alpha value is -3.08. The van der Waals surface area contributed by atoms with Gasteiger partial charge in [-0.3, -0.25) is 9.59 Å². The highest BCUT2D eigenvalue weighted by atomic mass is 19.4. The summed E-state index contributed by atoms with van der Waals surface area (Å²) in [4.78, 5) is 23.6. The molecule has 0 aliphatic rings. The van der Waals surface area contributed by atoms with Crippen LogP contribution in [0.5, 0.6) is 0 Å². The van der Waals surface area contributed by atoms with E-state index in [1.54, 1.807) is 5.32 Å². The Bertz CT molecular complexity index is 866. The zero-order chi connectivity index (χ0) is 21.9. The number of anilines is 1. The van der Waals surface area contributed by atoms with Crippen molar-refractivity contribution in [3.8, 4) is 0 Å². The number of carbonyl (C=O) groups is 2. The predicted octanol–water partition coefficient (Wildman–Crippen LogP) is 3.21. The molecule has 0 saturated carbocycles. The Kier molecular flexibility index (Phi) is 6.21. The molecular weight excluding hydrogens is 406 g/mol. The van der Waals surface area contributed by atoms with Crippen LogP contribution in [0.4, 0.5) is 32.0 Å². The third-order valence-electron chi connectivity index (χ3n) is 3.90. The zero-order valence-electron chi connectivity index (χ0n) is 14.4. The topological polar surface area (TPSA) is 78.4 Å².